The molecule has 0 saturated heterocycles. The summed E-state index contributed by atoms with van der Waals surface area (Å²) < 4.78 is 0. The Balaban J connectivity index is 1.52. The number of hydrogen-bond acceptors (Lipinski definition) is 5. The van der Waals surface area contributed by atoms with Crippen molar-refractivity contribution in [1.29, 1.82) is 0 Å². The molecule has 0 bridgehead atoms. The van der Waals surface area contributed by atoms with Crippen molar-refractivity contribution < 1.29 is 9.76 Å². The smallest absolute Gasteiger partial charge is 0.269 e. The summed E-state index contributed by atoms with van der Waals surface area (Å²) in [5.74, 6) is 0. The normalized spacial score (nSPS) is 16.4. The molecule has 0 fully saturated rings. The average Bonchev–Trinajstić information content (AvgIpc) is 3.23. The van der Waals surface area contributed by atoms with Crippen LogP contribution in [0.4, 0.5) is 11.4 Å². The minimum atomic E-state index is -0.395. The topological polar surface area (TPSA) is 76.4 Å². The van der Waals surface area contributed by atoms with Gasteiger partial charge in [-0.2, -0.15) is 0 Å². The average molecular weight is 401 g/mol. The van der Waals surface area contributed by atoms with E-state index in [9.17, 15) is 10.1 Å². The van der Waals surface area contributed by atoms with Crippen LogP contribution in [0.5, 0.6) is 0 Å². The number of nitrogens with one attached hydrogen (secondary N) is 2. The molecule has 0 aliphatic carbocycles. The Labute approximate surface area is 175 Å². The Morgan fingerprint density at radius 1 is 0.933 bits per heavy atom. The Morgan fingerprint density at radius 3 is 2.20 bits per heavy atom. The third kappa shape index (κ3) is 5.04. The van der Waals surface area contributed by atoms with Gasteiger partial charge < -0.3 is 5.32 Å². The first-order valence-corrected chi connectivity index (χ1v) is 9.88. The van der Waals surface area contributed by atoms with Crippen molar-refractivity contribution >= 4 is 11.4 Å². The van der Waals surface area contributed by atoms with E-state index in [1.54, 1.807) is 12.1 Å². The van der Waals surface area contributed by atoms with E-state index in [1.807, 2.05) is 36.4 Å². The van der Waals surface area contributed by atoms with Crippen molar-refractivity contribution in [2.75, 3.05) is 5.32 Å². The fourth-order valence-electron chi connectivity index (χ4n) is 3.53. The molecule has 2 unspecified atom stereocenters. The number of nitro benzene ring substituents is 1. The molecule has 4 rings (SSSR count). The lowest BCUT2D eigenvalue weighted by atomic mass is 9.99. The summed E-state index contributed by atoms with van der Waals surface area (Å²) in [6.45, 7) is 0. The van der Waals surface area contributed by atoms with Crippen LogP contribution >= 0.6 is 0 Å². The Kier molecular flexibility index (Phi) is 6.06. The van der Waals surface area contributed by atoms with Gasteiger partial charge in [-0.25, -0.2) is 0 Å². The Morgan fingerprint density at radius 2 is 1.57 bits per heavy atom. The molecule has 0 radical (unpaired) electrons. The molecule has 152 valence electrons. The highest BCUT2D eigenvalue weighted by Crippen LogP contribution is 2.22. The molecule has 1 aliphatic heterocycles. The molecule has 0 amide bonds. The van der Waals surface area contributed by atoms with Crippen molar-refractivity contribution in [2.24, 2.45) is 0 Å². The second-order valence-corrected chi connectivity index (χ2v) is 7.28. The molecular formula is C24H23N3O3. The second kappa shape index (κ2) is 9.24. The third-order valence-corrected chi connectivity index (χ3v) is 5.05. The van der Waals surface area contributed by atoms with E-state index in [1.165, 1.54) is 23.3 Å². The van der Waals surface area contributed by atoms with Crippen LogP contribution in [0.1, 0.15) is 11.1 Å². The lowest BCUT2D eigenvalue weighted by Gasteiger charge is -2.24. The first-order chi connectivity index (χ1) is 14.7. The van der Waals surface area contributed by atoms with E-state index >= 15 is 0 Å². The van der Waals surface area contributed by atoms with Crippen LogP contribution in [-0.2, 0) is 17.7 Å². The molecule has 3 aromatic rings. The summed E-state index contributed by atoms with van der Waals surface area (Å²) >= 11 is 0. The molecule has 2 N–H and O–H groups in total. The number of rotatable bonds is 8. The highest BCUT2D eigenvalue weighted by atomic mass is 16.7. The maximum atomic E-state index is 10.9. The van der Waals surface area contributed by atoms with E-state index in [0.717, 1.165) is 24.2 Å². The molecule has 6 heteroatoms. The van der Waals surface area contributed by atoms with Gasteiger partial charge in [0.1, 0.15) is 6.10 Å². The zero-order valence-corrected chi connectivity index (χ0v) is 16.4. The fraction of sp³-hybridized carbons (Fsp3) is 0.167. The summed E-state index contributed by atoms with van der Waals surface area (Å²) in [4.78, 5) is 16.4. The van der Waals surface area contributed by atoms with Crippen LogP contribution in [0.15, 0.2) is 96.7 Å². The van der Waals surface area contributed by atoms with Crippen LogP contribution in [0.3, 0.4) is 0 Å². The molecule has 1 aliphatic rings. The standard InChI is InChI=1S/C24H23N3O3/c28-27(29)22-13-11-20(12-14-22)25-23(16-19-9-5-2-6-10-19)24-17-21(26-30-24)15-18-7-3-1-4-8-18/h1-14,17,23-26H,15-16H2. The molecule has 6 nitrogen and oxygen atoms in total. The maximum Gasteiger partial charge on any atom is 0.269 e. The van der Waals surface area contributed by atoms with Gasteiger partial charge in [0.15, 0.2) is 0 Å². The fourth-order valence-corrected chi connectivity index (χ4v) is 3.53. The minimum absolute atomic E-state index is 0.0466. The summed E-state index contributed by atoms with van der Waals surface area (Å²) in [5, 5.41) is 14.4. The summed E-state index contributed by atoms with van der Waals surface area (Å²) in [7, 11) is 0. The molecule has 0 spiro atoms. The first-order valence-electron chi connectivity index (χ1n) is 9.88. The lowest BCUT2D eigenvalue weighted by Crippen LogP contribution is -2.36. The third-order valence-electron chi connectivity index (χ3n) is 5.05. The Hall–Kier alpha value is -3.64. The predicted octanol–water partition coefficient (Wildman–Crippen LogP) is 4.65. The van der Waals surface area contributed by atoms with Gasteiger partial charge in [-0.1, -0.05) is 60.7 Å². The van der Waals surface area contributed by atoms with Gasteiger partial charge in [0.2, 0.25) is 0 Å². The van der Waals surface area contributed by atoms with Crippen LogP contribution in [-0.4, -0.2) is 17.1 Å². The van der Waals surface area contributed by atoms with Crippen molar-refractivity contribution in [3.05, 3.63) is 118 Å². The second-order valence-electron chi connectivity index (χ2n) is 7.28. The number of allylic oxidation sites excluding steroid dienone is 1. The van der Waals surface area contributed by atoms with E-state index < -0.39 is 4.92 Å². The van der Waals surface area contributed by atoms with Gasteiger partial charge in [-0.3, -0.25) is 20.4 Å². The maximum absolute atomic E-state index is 10.9. The van der Waals surface area contributed by atoms with Gasteiger partial charge in [-0.05, 0) is 35.8 Å². The zero-order chi connectivity index (χ0) is 20.8. The molecule has 0 saturated carbocycles. The van der Waals surface area contributed by atoms with E-state index in [2.05, 4.69) is 41.1 Å². The van der Waals surface area contributed by atoms with Crippen LogP contribution in [0, 0.1) is 10.1 Å². The van der Waals surface area contributed by atoms with E-state index in [4.69, 9.17) is 4.84 Å². The zero-order valence-electron chi connectivity index (χ0n) is 16.4. The number of nitro groups is 1. The highest BCUT2D eigenvalue weighted by molar-refractivity contribution is 5.50. The lowest BCUT2D eigenvalue weighted by molar-refractivity contribution is -0.384. The van der Waals surface area contributed by atoms with Crippen molar-refractivity contribution in [2.45, 2.75) is 25.0 Å². The van der Waals surface area contributed by atoms with Crippen molar-refractivity contribution in [1.82, 2.24) is 5.48 Å². The van der Waals surface area contributed by atoms with Gasteiger partial charge in [-0.15, -0.1) is 0 Å². The predicted molar refractivity (Wildman–Crippen MR) is 117 cm³/mol. The highest BCUT2D eigenvalue weighted by Gasteiger charge is 2.26. The van der Waals surface area contributed by atoms with Crippen molar-refractivity contribution in [3.8, 4) is 0 Å². The number of hydrogen-bond donors (Lipinski definition) is 2. The summed E-state index contributed by atoms with van der Waals surface area (Å²) in [6.07, 6.45) is 3.45. The quantitative estimate of drug-likeness (QED) is 0.424. The van der Waals surface area contributed by atoms with E-state index in [-0.39, 0.29) is 17.8 Å². The van der Waals surface area contributed by atoms with Crippen LogP contribution < -0.4 is 10.8 Å². The Bertz CT molecular complexity index is 1000. The monoisotopic (exact) mass is 401 g/mol. The largest absolute Gasteiger partial charge is 0.379 e. The SMILES string of the molecule is O=[N+]([O-])c1ccc(NC(Cc2ccccc2)C2C=C(Cc3ccccc3)NO2)cc1. The number of benzene rings is 3. The van der Waals surface area contributed by atoms with Crippen LogP contribution in [0.25, 0.3) is 0 Å². The summed E-state index contributed by atoms with van der Waals surface area (Å²) in [6, 6.07) is 26.9. The molecule has 2 atom stereocenters. The van der Waals surface area contributed by atoms with Gasteiger partial charge in [0.05, 0.1) is 11.0 Å². The number of hydroxylamine groups is 1. The molecule has 30 heavy (non-hydrogen) atoms. The van der Waals surface area contributed by atoms with Crippen molar-refractivity contribution in [3.63, 3.8) is 0 Å². The molecule has 3 aromatic carbocycles. The summed E-state index contributed by atoms with van der Waals surface area (Å²) in [5.41, 5.74) is 7.37. The minimum Gasteiger partial charge on any atom is -0.379 e. The molecule has 0 aromatic heterocycles. The van der Waals surface area contributed by atoms with Gasteiger partial charge in [0, 0.05) is 29.9 Å². The van der Waals surface area contributed by atoms with E-state index in [0.29, 0.717) is 0 Å². The number of anilines is 1. The van der Waals surface area contributed by atoms with Crippen LogP contribution in [0.2, 0.25) is 0 Å². The number of nitrogens with zero attached hydrogens (tertiary/aromatic N) is 1. The van der Waals surface area contributed by atoms with Gasteiger partial charge in [0.25, 0.3) is 5.69 Å². The molecule has 1 heterocycles. The number of non-ortho nitro benzene ring substituents is 1. The van der Waals surface area contributed by atoms with Gasteiger partial charge >= 0.3 is 0 Å². The first kappa shape index (κ1) is 19.7. The molecular weight excluding hydrogens is 378 g/mol.